The summed E-state index contributed by atoms with van der Waals surface area (Å²) in [5, 5.41) is 3.75. The van der Waals surface area contributed by atoms with Crippen LogP contribution in [0.1, 0.15) is 23.2 Å². The fourth-order valence-corrected chi connectivity index (χ4v) is 2.22. The smallest absolute Gasteiger partial charge is 0.252 e. The molecule has 1 rings (SSSR count). The van der Waals surface area contributed by atoms with Gasteiger partial charge in [0.15, 0.2) is 0 Å². The Morgan fingerprint density at radius 2 is 2.06 bits per heavy atom. The van der Waals surface area contributed by atoms with Gasteiger partial charge in [-0.15, -0.1) is 0 Å². The van der Waals surface area contributed by atoms with Gasteiger partial charge >= 0.3 is 0 Å². The van der Waals surface area contributed by atoms with Crippen LogP contribution in [-0.2, 0) is 0 Å². The Hall–Kier alpha value is -0.000000000000000111. The molecule has 0 atom stereocenters. The first kappa shape index (κ1) is 14.1. The van der Waals surface area contributed by atoms with Gasteiger partial charge in [0.25, 0.3) is 5.91 Å². The first-order chi connectivity index (χ1) is 7.65. The second-order valence-electron chi connectivity index (χ2n) is 3.28. The van der Waals surface area contributed by atoms with E-state index in [1.165, 1.54) is 0 Å². The van der Waals surface area contributed by atoms with Crippen molar-refractivity contribution in [3.8, 4) is 0 Å². The molecule has 1 amide bonds. The number of hydrogen-bond donors (Lipinski definition) is 1. The fourth-order valence-electron chi connectivity index (χ4n) is 1.19. The molecule has 0 aromatic heterocycles. The Balaban J connectivity index is 2.53. The summed E-state index contributed by atoms with van der Waals surface area (Å²) in [7, 11) is 0. The third kappa shape index (κ3) is 4.47. The van der Waals surface area contributed by atoms with E-state index in [2.05, 4.69) is 27.9 Å². The topological polar surface area (TPSA) is 29.1 Å². The molecular formula is C11H12Cl2INO. The minimum atomic E-state index is -0.143. The predicted molar refractivity (Wildman–Crippen MR) is 76.9 cm³/mol. The second-order valence-corrected chi connectivity index (χ2v) is 5.20. The molecule has 0 fully saturated rings. The summed E-state index contributed by atoms with van der Waals surface area (Å²) in [6.07, 6.45) is 2.09. The zero-order valence-corrected chi connectivity index (χ0v) is 12.3. The van der Waals surface area contributed by atoms with Crippen LogP contribution in [0.3, 0.4) is 0 Å². The lowest BCUT2D eigenvalue weighted by Crippen LogP contribution is -2.24. The van der Waals surface area contributed by atoms with Crippen LogP contribution < -0.4 is 5.32 Å². The summed E-state index contributed by atoms with van der Waals surface area (Å²) in [6, 6.07) is 4.87. The number of amides is 1. The summed E-state index contributed by atoms with van der Waals surface area (Å²) in [4.78, 5) is 11.7. The largest absolute Gasteiger partial charge is 0.352 e. The Morgan fingerprint density at radius 1 is 1.31 bits per heavy atom. The molecule has 0 saturated heterocycles. The van der Waals surface area contributed by atoms with Crippen molar-refractivity contribution < 1.29 is 4.79 Å². The molecule has 16 heavy (non-hydrogen) atoms. The van der Waals surface area contributed by atoms with Crippen molar-refractivity contribution in [1.82, 2.24) is 5.32 Å². The lowest BCUT2D eigenvalue weighted by Gasteiger charge is -2.06. The Kier molecular flexibility index (Phi) is 6.46. The maximum absolute atomic E-state index is 11.7. The van der Waals surface area contributed by atoms with E-state index >= 15 is 0 Å². The summed E-state index contributed by atoms with van der Waals surface area (Å²) >= 11 is 14.0. The van der Waals surface area contributed by atoms with Crippen LogP contribution in [0, 0.1) is 0 Å². The Morgan fingerprint density at radius 3 is 2.69 bits per heavy atom. The SMILES string of the molecule is O=C(NCCCCI)c1ccc(Cl)cc1Cl. The molecule has 5 heteroatoms. The molecule has 0 aliphatic carbocycles. The van der Waals surface area contributed by atoms with Gasteiger partial charge in [0, 0.05) is 11.6 Å². The average molecular weight is 372 g/mol. The molecule has 0 heterocycles. The normalized spacial score (nSPS) is 10.2. The number of hydrogen-bond acceptors (Lipinski definition) is 1. The summed E-state index contributed by atoms with van der Waals surface area (Å²) < 4.78 is 1.11. The van der Waals surface area contributed by atoms with E-state index in [1.54, 1.807) is 18.2 Å². The number of unbranched alkanes of at least 4 members (excludes halogenated alkanes) is 1. The minimum Gasteiger partial charge on any atom is -0.352 e. The van der Waals surface area contributed by atoms with E-state index in [0.29, 0.717) is 22.2 Å². The maximum atomic E-state index is 11.7. The highest BCUT2D eigenvalue weighted by Crippen LogP contribution is 2.20. The van der Waals surface area contributed by atoms with Gasteiger partial charge in [-0.3, -0.25) is 4.79 Å². The van der Waals surface area contributed by atoms with Crippen LogP contribution in [-0.4, -0.2) is 16.9 Å². The Labute approximate surface area is 119 Å². The molecule has 1 N–H and O–H groups in total. The standard InChI is InChI=1S/C11H12Cl2INO/c12-8-3-4-9(10(13)7-8)11(16)15-6-2-1-5-14/h3-4,7H,1-2,5-6H2,(H,15,16). The van der Waals surface area contributed by atoms with Crippen LogP contribution in [0.15, 0.2) is 18.2 Å². The first-order valence-corrected chi connectivity index (χ1v) is 7.22. The van der Waals surface area contributed by atoms with Crippen molar-refractivity contribution in [1.29, 1.82) is 0 Å². The zero-order valence-electron chi connectivity index (χ0n) is 8.60. The van der Waals surface area contributed by atoms with Crippen molar-refractivity contribution in [2.75, 3.05) is 11.0 Å². The quantitative estimate of drug-likeness (QED) is 0.474. The Bertz CT molecular complexity index is 371. The van der Waals surface area contributed by atoms with Gasteiger partial charge in [0.2, 0.25) is 0 Å². The molecule has 0 saturated carbocycles. The number of carbonyl (C=O) groups is 1. The highest BCUT2D eigenvalue weighted by molar-refractivity contribution is 14.1. The fraction of sp³-hybridized carbons (Fsp3) is 0.364. The molecular weight excluding hydrogens is 360 g/mol. The molecule has 1 aromatic carbocycles. The van der Waals surface area contributed by atoms with Crippen molar-refractivity contribution in [3.63, 3.8) is 0 Å². The predicted octanol–water partition coefficient (Wildman–Crippen LogP) is 3.94. The van der Waals surface area contributed by atoms with Gasteiger partial charge in [-0.1, -0.05) is 45.8 Å². The van der Waals surface area contributed by atoms with Gasteiger partial charge in [-0.05, 0) is 35.5 Å². The minimum absolute atomic E-state index is 0.143. The van der Waals surface area contributed by atoms with Gasteiger partial charge in [-0.25, -0.2) is 0 Å². The van der Waals surface area contributed by atoms with E-state index in [0.717, 1.165) is 17.3 Å². The third-order valence-electron chi connectivity index (χ3n) is 2.02. The molecule has 0 radical (unpaired) electrons. The third-order valence-corrected chi connectivity index (χ3v) is 3.33. The van der Waals surface area contributed by atoms with E-state index in [-0.39, 0.29) is 5.91 Å². The maximum Gasteiger partial charge on any atom is 0.252 e. The molecule has 2 nitrogen and oxygen atoms in total. The molecule has 0 spiro atoms. The van der Waals surface area contributed by atoms with Gasteiger partial charge in [0.05, 0.1) is 10.6 Å². The summed E-state index contributed by atoms with van der Waals surface area (Å²) in [5.41, 5.74) is 0.473. The first-order valence-electron chi connectivity index (χ1n) is 4.94. The highest BCUT2D eigenvalue weighted by Gasteiger charge is 2.09. The molecule has 88 valence electrons. The number of halogens is 3. The van der Waals surface area contributed by atoms with E-state index in [9.17, 15) is 4.79 Å². The van der Waals surface area contributed by atoms with Crippen molar-refractivity contribution in [2.45, 2.75) is 12.8 Å². The van der Waals surface area contributed by atoms with E-state index in [1.807, 2.05) is 0 Å². The van der Waals surface area contributed by atoms with Gasteiger partial charge in [0.1, 0.15) is 0 Å². The molecule has 0 aliphatic heterocycles. The number of carbonyl (C=O) groups excluding carboxylic acids is 1. The van der Waals surface area contributed by atoms with Crippen LogP contribution in [0.25, 0.3) is 0 Å². The summed E-state index contributed by atoms with van der Waals surface area (Å²) in [6.45, 7) is 0.681. The molecule has 0 bridgehead atoms. The average Bonchev–Trinajstić information content (AvgIpc) is 2.24. The molecule has 0 unspecified atom stereocenters. The van der Waals surface area contributed by atoms with Crippen molar-refractivity contribution >= 4 is 51.7 Å². The number of alkyl halides is 1. The van der Waals surface area contributed by atoms with E-state index < -0.39 is 0 Å². The number of nitrogens with one attached hydrogen (secondary N) is 1. The summed E-state index contributed by atoms with van der Waals surface area (Å²) in [5.74, 6) is -0.143. The second kappa shape index (κ2) is 7.35. The lowest BCUT2D eigenvalue weighted by atomic mass is 10.2. The highest BCUT2D eigenvalue weighted by atomic mass is 127. The van der Waals surface area contributed by atoms with Crippen LogP contribution in [0.2, 0.25) is 10.0 Å². The molecule has 1 aromatic rings. The number of benzene rings is 1. The zero-order chi connectivity index (χ0) is 12.0. The molecule has 0 aliphatic rings. The lowest BCUT2D eigenvalue weighted by molar-refractivity contribution is 0.0953. The number of rotatable bonds is 5. The monoisotopic (exact) mass is 371 g/mol. The van der Waals surface area contributed by atoms with Crippen LogP contribution in [0.4, 0.5) is 0 Å². The van der Waals surface area contributed by atoms with E-state index in [4.69, 9.17) is 23.2 Å². The van der Waals surface area contributed by atoms with Gasteiger partial charge in [-0.2, -0.15) is 0 Å². The van der Waals surface area contributed by atoms with Gasteiger partial charge < -0.3 is 5.32 Å². The van der Waals surface area contributed by atoms with Crippen LogP contribution in [0.5, 0.6) is 0 Å². The van der Waals surface area contributed by atoms with Crippen molar-refractivity contribution in [3.05, 3.63) is 33.8 Å². The van der Waals surface area contributed by atoms with Crippen LogP contribution >= 0.6 is 45.8 Å². The van der Waals surface area contributed by atoms with Crippen molar-refractivity contribution in [2.24, 2.45) is 0 Å².